The van der Waals surface area contributed by atoms with Crippen LogP contribution < -0.4 is 0 Å². The molecule has 0 saturated carbocycles. The highest BCUT2D eigenvalue weighted by atomic mass is 16.4. The van der Waals surface area contributed by atoms with E-state index in [1.807, 2.05) is 13.0 Å². The Hall–Kier alpha value is -1.51. The van der Waals surface area contributed by atoms with Gasteiger partial charge in [-0.05, 0) is 40.9 Å². The first-order chi connectivity index (χ1) is 13.7. The molecular weight excluding hydrogens is 360 g/mol. The van der Waals surface area contributed by atoms with E-state index in [0.717, 1.165) is 36.0 Å². The fourth-order valence-electron chi connectivity index (χ4n) is 4.09. The molecule has 0 heterocycles. The lowest BCUT2D eigenvalue weighted by Crippen LogP contribution is -2.14. The van der Waals surface area contributed by atoms with Crippen molar-refractivity contribution < 1.29 is 15.0 Å². The Labute approximate surface area is 178 Å². The molecule has 0 saturated heterocycles. The highest BCUT2D eigenvalue weighted by Gasteiger charge is 2.24. The van der Waals surface area contributed by atoms with Gasteiger partial charge in [0.25, 0.3) is 0 Å². The molecular formula is C26H44O3. The van der Waals surface area contributed by atoms with Gasteiger partial charge in [0, 0.05) is 0 Å². The zero-order chi connectivity index (χ0) is 21.9. The molecule has 2 N–H and O–H groups in total. The Bertz CT molecular complexity index is 613. The molecule has 166 valence electrons. The monoisotopic (exact) mass is 404 g/mol. The Kier molecular flexibility index (Phi) is 11.4. The highest BCUT2D eigenvalue weighted by Crippen LogP contribution is 2.38. The molecule has 29 heavy (non-hydrogen) atoms. The van der Waals surface area contributed by atoms with E-state index in [2.05, 4.69) is 33.8 Å². The molecule has 0 spiro atoms. The molecule has 0 aromatic heterocycles. The van der Waals surface area contributed by atoms with E-state index in [1.165, 1.54) is 51.4 Å². The van der Waals surface area contributed by atoms with Gasteiger partial charge in [0.2, 0.25) is 0 Å². The fourth-order valence-corrected chi connectivity index (χ4v) is 4.09. The Morgan fingerprint density at radius 1 is 0.931 bits per heavy atom. The van der Waals surface area contributed by atoms with Crippen molar-refractivity contribution in [2.75, 3.05) is 0 Å². The molecule has 3 heteroatoms. The summed E-state index contributed by atoms with van der Waals surface area (Å²) in [6.07, 6.45) is 13.3. The van der Waals surface area contributed by atoms with Crippen molar-refractivity contribution in [1.29, 1.82) is 0 Å². The van der Waals surface area contributed by atoms with Crippen LogP contribution >= 0.6 is 0 Å². The molecule has 1 atom stereocenters. The number of phenols is 1. The van der Waals surface area contributed by atoms with E-state index < -0.39 is 5.97 Å². The van der Waals surface area contributed by atoms with E-state index in [9.17, 15) is 15.0 Å². The number of carboxylic acids is 1. The van der Waals surface area contributed by atoms with E-state index in [4.69, 9.17) is 0 Å². The maximum atomic E-state index is 11.5. The molecule has 3 nitrogen and oxygen atoms in total. The summed E-state index contributed by atoms with van der Waals surface area (Å²) in [6.45, 7) is 10.6. The summed E-state index contributed by atoms with van der Waals surface area (Å²) in [5.74, 6) is -0.348. The average molecular weight is 405 g/mol. The van der Waals surface area contributed by atoms with Gasteiger partial charge in [0.1, 0.15) is 5.75 Å². The van der Waals surface area contributed by atoms with Crippen molar-refractivity contribution in [3.8, 4) is 5.75 Å². The number of carbonyl (C=O) groups is 1. The lowest BCUT2D eigenvalue weighted by molar-refractivity contribution is -0.137. The lowest BCUT2D eigenvalue weighted by atomic mass is 9.80. The Morgan fingerprint density at radius 2 is 1.48 bits per heavy atom. The van der Waals surface area contributed by atoms with E-state index >= 15 is 0 Å². The van der Waals surface area contributed by atoms with Crippen molar-refractivity contribution in [2.24, 2.45) is 0 Å². The number of hydrogen-bond acceptors (Lipinski definition) is 2. The number of carboxylic acid groups (broad SMARTS) is 1. The molecule has 1 unspecified atom stereocenters. The van der Waals surface area contributed by atoms with Crippen LogP contribution in [0.1, 0.15) is 128 Å². The molecule has 0 radical (unpaired) electrons. The van der Waals surface area contributed by atoms with Gasteiger partial charge in [0.05, 0.1) is 6.42 Å². The number of aryl methyl sites for hydroxylation is 1. The van der Waals surface area contributed by atoms with Gasteiger partial charge < -0.3 is 10.2 Å². The van der Waals surface area contributed by atoms with E-state index in [1.54, 1.807) is 0 Å². The summed E-state index contributed by atoms with van der Waals surface area (Å²) in [4.78, 5) is 11.5. The van der Waals surface area contributed by atoms with Gasteiger partial charge in [0.15, 0.2) is 0 Å². The summed E-state index contributed by atoms with van der Waals surface area (Å²) in [5.41, 5.74) is 2.76. The molecule has 0 bridgehead atoms. The second-order valence-corrected chi connectivity index (χ2v) is 9.59. The van der Waals surface area contributed by atoms with Crippen LogP contribution in [0.4, 0.5) is 0 Å². The molecule has 1 aromatic carbocycles. The highest BCUT2D eigenvalue weighted by molar-refractivity contribution is 5.68. The maximum absolute atomic E-state index is 11.5. The predicted molar refractivity (Wildman–Crippen MR) is 123 cm³/mol. The third kappa shape index (κ3) is 9.23. The normalized spacial score (nSPS) is 12.9. The summed E-state index contributed by atoms with van der Waals surface area (Å²) in [6, 6.07) is 4.09. The van der Waals surface area contributed by atoms with Crippen LogP contribution in [-0.4, -0.2) is 16.2 Å². The average Bonchev–Trinajstić information content (AvgIpc) is 2.64. The van der Waals surface area contributed by atoms with E-state index in [-0.39, 0.29) is 17.8 Å². The predicted octanol–water partition coefficient (Wildman–Crippen LogP) is 7.73. The van der Waals surface area contributed by atoms with Crippen LogP contribution in [-0.2, 0) is 16.6 Å². The van der Waals surface area contributed by atoms with Gasteiger partial charge in [-0.1, -0.05) is 105 Å². The summed E-state index contributed by atoms with van der Waals surface area (Å²) in [7, 11) is 0. The van der Waals surface area contributed by atoms with Crippen molar-refractivity contribution >= 4 is 5.97 Å². The third-order valence-corrected chi connectivity index (χ3v) is 5.95. The minimum absolute atomic E-state index is 0.0176. The van der Waals surface area contributed by atoms with Crippen molar-refractivity contribution in [2.45, 2.75) is 123 Å². The number of benzene rings is 1. The topological polar surface area (TPSA) is 57.5 Å². The van der Waals surface area contributed by atoms with E-state index in [0.29, 0.717) is 5.75 Å². The fraction of sp³-hybridized carbons (Fsp3) is 0.731. The summed E-state index contributed by atoms with van der Waals surface area (Å²) in [5, 5.41) is 20.1. The van der Waals surface area contributed by atoms with Crippen LogP contribution in [0.2, 0.25) is 0 Å². The summed E-state index contributed by atoms with van der Waals surface area (Å²) >= 11 is 0. The van der Waals surface area contributed by atoms with Crippen LogP contribution in [0, 0.1) is 0 Å². The Balaban J connectivity index is 2.74. The quantitative estimate of drug-likeness (QED) is 0.312. The number of unbranched alkanes of at least 4 members (excludes halogenated alkanes) is 8. The van der Waals surface area contributed by atoms with Crippen LogP contribution in [0.25, 0.3) is 0 Å². The summed E-state index contributed by atoms with van der Waals surface area (Å²) < 4.78 is 0. The van der Waals surface area contributed by atoms with Crippen molar-refractivity contribution in [3.05, 3.63) is 28.8 Å². The lowest BCUT2D eigenvalue weighted by Gasteiger charge is -2.25. The third-order valence-electron chi connectivity index (χ3n) is 5.95. The molecule has 0 aliphatic rings. The molecule has 0 fully saturated rings. The van der Waals surface area contributed by atoms with Gasteiger partial charge in [-0.25, -0.2) is 0 Å². The molecule has 0 amide bonds. The smallest absolute Gasteiger partial charge is 0.303 e. The molecule has 0 aliphatic carbocycles. The van der Waals surface area contributed by atoms with Crippen LogP contribution in [0.3, 0.4) is 0 Å². The molecule has 1 aromatic rings. The number of aromatic hydroxyl groups is 1. The first-order valence-corrected chi connectivity index (χ1v) is 11.8. The zero-order valence-corrected chi connectivity index (χ0v) is 19.5. The number of aliphatic carboxylic acids is 1. The first-order valence-electron chi connectivity index (χ1n) is 11.8. The van der Waals surface area contributed by atoms with Gasteiger partial charge in [-0.15, -0.1) is 0 Å². The zero-order valence-electron chi connectivity index (χ0n) is 19.5. The minimum atomic E-state index is -0.741. The number of phenolic OH excluding ortho intramolecular Hbond substituents is 1. The molecule has 0 aliphatic heterocycles. The number of rotatable bonds is 14. The van der Waals surface area contributed by atoms with Crippen molar-refractivity contribution in [3.63, 3.8) is 0 Å². The van der Waals surface area contributed by atoms with Gasteiger partial charge in [-0.3, -0.25) is 4.79 Å². The molecule has 1 rings (SSSR count). The van der Waals surface area contributed by atoms with Gasteiger partial charge in [-0.2, -0.15) is 0 Å². The van der Waals surface area contributed by atoms with Crippen LogP contribution in [0.15, 0.2) is 12.1 Å². The second kappa shape index (κ2) is 12.9. The maximum Gasteiger partial charge on any atom is 0.303 e. The second-order valence-electron chi connectivity index (χ2n) is 9.59. The first kappa shape index (κ1) is 25.5. The standard InChI is InChI=1S/C26H44O3/c1-6-8-9-10-11-12-13-14-15-16-21(19-24(27)28)22-17-20(7-2)25(29)23(18-22)26(3,4)5/h17-18,21,29H,6-16,19H2,1-5H3,(H,27,28). The number of hydrogen-bond donors (Lipinski definition) is 2. The SMILES string of the molecule is CCCCCCCCCCCC(CC(=O)O)c1cc(CC)c(O)c(C(C)(C)C)c1. The Morgan fingerprint density at radius 3 is 1.97 bits per heavy atom. The van der Waals surface area contributed by atoms with Gasteiger partial charge >= 0.3 is 5.97 Å². The largest absolute Gasteiger partial charge is 0.507 e. The minimum Gasteiger partial charge on any atom is -0.507 e. The van der Waals surface area contributed by atoms with Crippen molar-refractivity contribution in [1.82, 2.24) is 0 Å². The van der Waals surface area contributed by atoms with Crippen LogP contribution in [0.5, 0.6) is 5.75 Å².